The number of ether oxygens (including phenoxy) is 2. The van der Waals surface area contributed by atoms with E-state index in [1.165, 1.54) is 13.2 Å². The van der Waals surface area contributed by atoms with Crippen LogP contribution in [0, 0.1) is 15.9 Å². The maximum atomic E-state index is 13.3. The van der Waals surface area contributed by atoms with Crippen molar-refractivity contribution in [1.29, 1.82) is 0 Å². The number of rotatable bonds is 6. The zero-order valence-electron chi connectivity index (χ0n) is 9.72. The Labute approximate surface area is 102 Å². The second-order valence-electron chi connectivity index (χ2n) is 3.37. The molecule has 18 heavy (non-hydrogen) atoms. The van der Waals surface area contributed by atoms with Gasteiger partial charge >= 0.3 is 11.7 Å². The predicted octanol–water partition coefficient (Wildman–Crippen LogP) is 2.07. The highest BCUT2D eigenvalue weighted by Gasteiger charge is 2.19. The van der Waals surface area contributed by atoms with Gasteiger partial charge in [0.15, 0.2) is 5.82 Å². The Hall–Kier alpha value is -2.18. The van der Waals surface area contributed by atoms with Gasteiger partial charge in [0.1, 0.15) is 0 Å². The van der Waals surface area contributed by atoms with Crippen LogP contribution in [-0.4, -0.2) is 24.6 Å². The van der Waals surface area contributed by atoms with Gasteiger partial charge in [0.05, 0.1) is 18.6 Å². The van der Waals surface area contributed by atoms with Crippen LogP contribution in [0.1, 0.15) is 12.8 Å². The fourth-order valence-corrected chi connectivity index (χ4v) is 1.28. The monoisotopic (exact) mass is 257 g/mol. The van der Waals surface area contributed by atoms with E-state index in [1.54, 1.807) is 0 Å². The minimum Gasteiger partial charge on any atom is -0.485 e. The first-order chi connectivity index (χ1) is 8.56. The van der Waals surface area contributed by atoms with Crippen LogP contribution in [-0.2, 0) is 9.53 Å². The van der Waals surface area contributed by atoms with Gasteiger partial charge in [-0.1, -0.05) is 6.07 Å². The minimum atomic E-state index is -0.803. The summed E-state index contributed by atoms with van der Waals surface area (Å²) < 4.78 is 22.8. The van der Waals surface area contributed by atoms with Crippen LogP contribution in [0.25, 0.3) is 0 Å². The van der Waals surface area contributed by atoms with E-state index in [0.717, 1.165) is 12.1 Å². The minimum absolute atomic E-state index is 0.00310. The Morgan fingerprint density at radius 2 is 2.22 bits per heavy atom. The standard InChI is InChI=1S/C11H12FNO5/c1-17-10(14)6-3-7-18-11-8(12)4-2-5-9(11)13(15)16/h2,4-5H,3,6-7H2,1H3. The van der Waals surface area contributed by atoms with Crippen molar-refractivity contribution in [2.45, 2.75) is 12.8 Å². The van der Waals surface area contributed by atoms with E-state index in [-0.39, 0.29) is 19.4 Å². The third-order valence-corrected chi connectivity index (χ3v) is 2.14. The Balaban J connectivity index is 2.61. The molecule has 0 atom stereocenters. The van der Waals surface area contributed by atoms with Crippen molar-refractivity contribution in [1.82, 2.24) is 0 Å². The first-order valence-electron chi connectivity index (χ1n) is 5.18. The number of esters is 1. The predicted molar refractivity (Wildman–Crippen MR) is 59.8 cm³/mol. The molecule has 1 aromatic carbocycles. The molecule has 0 spiro atoms. The number of nitro benzene ring substituents is 1. The van der Waals surface area contributed by atoms with Gasteiger partial charge in [-0.2, -0.15) is 0 Å². The molecule has 0 aliphatic rings. The van der Waals surface area contributed by atoms with Crippen molar-refractivity contribution < 1.29 is 23.6 Å². The molecule has 7 heteroatoms. The summed E-state index contributed by atoms with van der Waals surface area (Å²) in [5.74, 6) is -1.63. The average molecular weight is 257 g/mol. The smallest absolute Gasteiger partial charge is 0.314 e. The topological polar surface area (TPSA) is 78.7 Å². The lowest BCUT2D eigenvalue weighted by molar-refractivity contribution is -0.386. The summed E-state index contributed by atoms with van der Waals surface area (Å²) in [5, 5.41) is 10.6. The fourth-order valence-electron chi connectivity index (χ4n) is 1.28. The third-order valence-electron chi connectivity index (χ3n) is 2.14. The first-order valence-corrected chi connectivity index (χ1v) is 5.18. The highest BCUT2D eigenvalue weighted by Crippen LogP contribution is 2.29. The summed E-state index contributed by atoms with van der Waals surface area (Å²) in [4.78, 5) is 20.7. The molecule has 0 bridgehead atoms. The zero-order chi connectivity index (χ0) is 13.5. The lowest BCUT2D eigenvalue weighted by Gasteiger charge is -2.07. The normalized spacial score (nSPS) is 9.89. The molecule has 0 fully saturated rings. The molecule has 0 N–H and O–H groups in total. The van der Waals surface area contributed by atoms with E-state index in [0.29, 0.717) is 0 Å². The molecule has 0 saturated carbocycles. The molecule has 0 radical (unpaired) electrons. The van der Waals surface area contributed by atoms with Crippen LogP contribution in [0.4, 0.5) is 10.1 Å². The van der Waals surface area contributed by atoms with E-state index in [4.69, 9.17) is 4.74 Å². The summed E-state index contributed by atoms with van der Waals surface area (Å²) in [6.45, 7) is -0.00310. The molecule has 0 unspecified atom stereocenters. The molecule has 1 aromatic rings. The summed E-state index contributed by atoms with van der Waals surface area (Å²) in [6.07, 6.45) is 0.400. The van der Waals surface area contributed by atoms with Gasteiger partial charge in [-0.25, -0.2) is 4.39 Å². The molecule has 0 heterocycles. The van der Waals surface area contributed by atoms with E-state index in [2.05, 4.69) is 4.74 Å². The van der Waals surface area contributed by atoms with Crippen LogP contribution in [0.2, 0.25) is 0 Å². The van der Waals surface area contributed by atoms with Crippen LogP contribution in [0.15, 0.2) is 18.2 Å². The van der Waals surface area contributed by atoms with Gasteiger partial charge in [0, 0.05) is 12.5 Å². The number of nitrogens with zero attached hydrogens (tertiary/aromatic N) is 1. The maximum Gasteiger partial charge on any atom is 0.314 e. The van der Waals surface area contributed by atoms with E-state index in [9.17, 15) is 19.3 Å². The highest BCUT2D eigenvalue weighted by atomic mass is 19.1. The molecule has 0 aromatic heterocycles. The molecular formula is C11H12FNO5. The summed E-state index contributed by atoms with van der Waals surface area (Å²) in [6, 6.07) is 3.45. The molecule has 0 saturated heterocycles. The maximum absolute atomic E-state index is 13.3. The van der Waals surface area contributed by atoms with Crippen molar-refractivity contribution in [2.24, 2.45) is 0 Å². The van der Waals surface area contributed by atoms with Gasteiger partial charge in [0.25, 0.3) is 0 Å². The van der Waals surface area contributed by atoms with Crippen molar-refractivity contribution in [3.63, 3.8) is 0 Å². The number of nitro groups is 1. The second kappa shape index (κ2) is 6.53. The van der Waals surface area contributed by atoms with Crippen LogP contribution >= 0.6 is 0 Å². The van der Waals surface area contributed by atoms with Gasteiger partial charge in [-0.3, -0.25) is 14.9 Å². The number of benzene rings is 1. The summed E-state index contributed by atoms with van der Waals surface area (Å²) in [5.41, 5.74) is -0.437. The Morgan fingerprint density at radius 1 is 1.50 bits per heavy atom. The number of methoxy groups -OCH3 is 1. The number of para-hydroxylation sites is 1. The van der Waals surface area contributed by atoms with E-state index < -0.39 is 28.1 Å². The molecule has 0 aliphatic carbocycles. The third kappa shape index (κ3) is 3.69. The lowest BCUT2D eigenvalue weighted by Crippen LogP contribution is -2.06. The lowest BCUT2D eigenvalue weighted by atomic mass is 10.3. The van der Waals surface area contributed by atoms with Crippen molar-refractivity contribution >= 4 is 11.7 Å². The van der Waals surface area contributed by atoms with Gasteiger partial charge in [-0.15, -0.1) is 0 Å². The molecule has 1 rings (SSSR count). The quantitative estimate of drug-likeness (QED) is 0.337. The number of hydrogen-bond acceptors (Lipinski definition) is 5. The SMILES string of the molecule is COC(=O)CCCOc1c(F)cccc1[N+](=O)[O-]. The van der Waals surface area contributed by atoms with Crippen LogP contribution in [0.3, 0.4) is 0 Å². The average Bonchev–Trinajstić information content (AvgIpc) is 2.35. The number of halogens is 1. The van der Waals surface area contributed by atoms with E-state index >= 15 is 0 Å². The summed E-state index contributed by atoms with van der Waals surface area (Å²) >= 11 is 0. The highest BCUT2D eigenvalue weighted by molar-refractivity contribution is 5.69. The number of hydrogen-bond donors (Lipinski definition) is 0. The van der Waals surface area contributed by atoms with Crippen LogP contribution in [0.5, 0.6) is 5.75 Å². The van der Waals surface area contributed by atoms with Crippen molar-refractivity contribution in [3.05, 3.63) is 34.1 Å². The number of carbonyl (C=O) groups is 1. The van der Waals surface area contributed by atoms with Gasteiger partial charge in [-0.05, 0) is 12.5 Å². The fraction of sp³-hybridized carbons (Fsp3) is 0.364. The Kier molecular flexibility index (Phi) is 5.04. The number of carbonyl (C=O) groups excluding carboxylic acids is 1. The molecule has 0 aliphatic heterocycles. The molecular weight excluding hydrogens is 245 g/mol. The first kappa shape index (κ1) is 13.9. The Morgan fingerprint density at radius 3 is 2.83 bits per heavy atom. The van der Waals surface area contributed by atoms with E-state index in [1.807, 2.05) is 0 Å². The molecule has 0 amide bonds. The Bertz CT molecular complexity index is 449. The molecule has 6 nitrogen and oxygen atoms in total. The van der Waals surface area contributed by atoms with Crippen molar-refractivity contribution in [2.75, 3.05) is 13.7 Å². The van der Waals surface area contributed by atoms with Crippen molar-refractivity contribution in [3.8, 4) is 5.75 Å². The molecule has 98 valence electrons. The largest absolute Gasteiger partial charge is 0.485 e. The zero-order valence-corrected chi connectivity index (χ0v) is 9.72. The van der Waals surface area contributed by atoms with Gasteiger partial charge in [0.2, 0.25) is 5.75 Å². The second-order valence-corrected chi connectivity index (χ2v) is 3.37. The van der Waals surface area contributed by atoms with Crippen LogP contribution < -0.4 is 4.74 Å². The van der Waals surface area contributed by atoms with Gasteiger partial charge < -0.3 is 9.47 Å². The summed E-state index contributed by atoms with van der Waals surface area (Å²) in [7, 11) is 1.25.